The van der Waals surface area contributed by atoms with E-state index >= 15 is 0 Å². The van der Waals surface area contributed by atoms with Crippen LogP contribution in [-0.4, -0.2) is 17.1 Å². The summed E-state index contributed by atoms with van der Waals surface area (Å²) in [6.45, 7) is 4.08. The zero-order valence-corrected chi connectivity index (χ0v) is 11.2. The molecule has 100 valence electrons. The third-order valence-electron chi connectivity index (χ3n) is 2.90. The van der Waals surface area contributed by atoms with Crippen LogP contribution >= 0.6 is 0 Å². The van der Waals surface area contributed by atoms with Crippen molar-refractivity contribution in [1.82, 2.24) is 10.5 Å². The molecule has 1 heterocycles. The molecule has 4 heteroatoms. The molecule has 1 aromatic carbocycles. The summed E-state index contributed by atoms with van der Waals surface area (Å²) in [6.07, 6.45) is 1.99. The zero-order chi connectivity index (χ0) is 13.7. The molecule has 0 radical (unpaired) electrons. The van der Waals surface area contributed by atoms with Crippen molar-refractivity contribution in [2.45, 2.75) is 32.7 Å². The van der Waals surface area contributed by atoms with Crippen LogP contribution in [0.1, 0.15) is 37.2 Å². The predicted molar refractivity (Wildman–Crippen MR) is 73.8 cm³/mol. The first-order chi connectivity index (χ1) is 9.20. The minimum atomic E-state index is -0.188. The van der Waals surface area contributed by atoms with Crippen molar-refractivity contribution in [2.75, 3.05) is 0 Å². The second kappa shape index (κ2) is 6.18. The molecular formula is C15H18N2O2. The molecule has 1 N–H and O–H groups in total. The molecule has 1 amide bonds. The Labute approximate surface area is 112 Å². The van der Waals surface area contributed by atoms with Gasteiger partial charge in [0.2, 0.25) is 0 Å². The van der Waals surface area contributed by atoms with Gasteiger partial charge in [-0.1, -0.05) is 48.8 Å². The monoisotopic (exact) mass is 258 g/mol. The predicted octanol–water partition coefficient (Wildman–Crippen LogP) is 3.26. The van der Waals surface area contributed by atoms with Gasteiger partial charge in [0.25, 0.3) is 5.91 Å². The van der Waals surface area contributed by atoms with Gasteiger partial charge in [-0.05, 0) is 13.3 Å². The van der Waals surface area contributed by atoms with Gasteiger partial charge < -0.3 is 9.84 Å². The Bertz CT molecular complexity index is 534. The van der Waals surface area contributed by atoms with Crippen LogP contribution in [0.2, 0.25) is 0 Å². The minimum Gasteiger partial charge on any atom is -0.355 e. The number of benzene rings is 1. The highest BCUT2D eigenvalue weighted by atomic mass is 16.5. The Kier molecular flexibility index (Phi) is 4.34. The summed E-state index contributed by atoms with van der Waals surface area (Å²) in [6, 6.07) is 11.4. The van der Waals surface area contributed by atoms with E-state index < -0.39 is 0 Å². The molecule has 0 fully saturated rings. The van der Waals surface area contributed by atoms with E-state index in [2.05, 4.69) is 17.4 Å². The van der Waals surface area contributed by atoms with E-state index in [1.165, 1.54) is 0 Å². The van der Waals surface area contributed by atoms with Crippen molar-refractivity contribution < 1.29 is 9.32 Å². The number of nitrogens with one attached hydrogen (secondary N) is 1. The number of carbonyl (C=O) groups is 1. The zero-order valence-electron chi connectivity index (χ0n) is 11.2. The Morgan fingerprint density at radius 3 is 2.79 bits per heavy atom. The van der Waals surface area contributed by atoms with Gasteiger partial charge in [0, 0.05) is 17.7 Å². The minimum absolute atomic E-state index is 0.148. The van der Waals surface area contributed by atoms with Crippen molar-refractivity contribution in [3.05, 3.63) is 42.1 Å². The van der Waals surface area contributed by atoms with E-state index in [9.17, 15) is 4.79 Å². The van der Waals surface area contributed by atoms with Gasteiger partial charge in [0.05, 0.1) is 0 Å². The molecule has 0 spiro atoms. The van der Waals surface area contributed by atoms with Crippen LogP contribution in [0.3, 0.4) is 0 Å². The maximum absolute atomic E-state index is 11.9. The third kappa shape index (κ3) is 3.44. The number of carbonyl (C=O) groups excluding carboxylic acids is 1. The van der Waals surface area contributed by atoms with Crippen molar-refractivity contribution in [3.8, 4) is 11.3 Å². The molecule has 1 atom stereocenters. The third-order valence-corrected chi connectivity index (χ3v) is 2.90. The first-order valence-electron chi connectivity index (χ1n) is 6.53. The van der Waals surface area contributed by atoms with Gasteiger partial charge in [0.15, 0.2) is 11.5 Å². The van der Waals surface area contributed by atoms with E-state index in [1.807, 2.05) is 37.3 Å². The first kappa shape index (κ1) is 13.3. The maximum atomic E-state index is 11.9. The molecule has 0 bridgehead atoms. The molecular weight excluding hydrogens is 240 g/mol. The lowest BCUT2D eigenvalue weighted by atomic mass is 10.1. The standard InChI is InChI=1S/C15H18N2O2/c1-3-7-11(2)16-15(18)13-10-14(19-17-13)12-8-5-4-6-9-12/h4-6,8-11H,3,7H2,1-2H3,(H,16,18). The molecule has 2 rings (SSSR count). The molecule has 0 aliphatic rings. The molecule has 0 saturated heterocycles. The van der Waals surface area contributed by atoms with Crippen molar-refractivity contribution in [1.29, 1.82) is 0 Å². The first-order valence-corrected chi connectivity index (χ1v) is 6.53. The second-order valence-corrected chi connectivity index (χ2v) is 4.61. The number of hydrogen-bond acceptors (Lipinski definition) is 3. The second-order valence-electron chi connectivity index (χ2n) is 4.61. The molecule has 2 aromatic rings. The number of hydrogen-bond donors (Lipinski definition) is 1. The average molecular weight is 258 g/mol. The van der Waals surface area contributed by atoms with E-state index in [0.717, 1.165) is 18.4 Å². The van der Waals surface area contributed by atoms with Gasteiger partial charge in [-0.15, -0.1) is 0 Å². The summed E-state index contributed by atoms with van der Waals surface area (Å²) in [5.74, 6) is 0.417. The van der Waals surface area contributed by atoms with Gasteiger partial charge >= 0.3 is 0 Å². The van der Waals surface area contributed by atoms with E-state index in [-0.39, 0.29) is 11.9 Å². The fourth-order valence-electron chi connectivity index (χ4n) is 1.92. The number of rotatable bonds is 5. The Balaban J connectivity index is 2.07. The molecule has 4 nitrogen and oxygen atoms in total. The van der Waals surface area contributed by atoms with Gasteiger partial charge in [0.1, 0.15) is 0 Å². The van der Waals surface area contributed by atoms with E-state index in [1.54, 1.807) is 6.07 Å². The summed E-state index contributed by atoms with van der Waals surface area (Å²) in [4.78, 5) is 11.9. The molecule has 0 saturated carbocycles. The highest BCUT2D eigenvalue weighted by molar-refractivity contribution is 5.93. The highest BCUT2D eigenvalue weighted by Crippen LogP contribution is 2.19. The summed E-state index contributed by atoms with van der Waals surface area (Å²) in [5, 5.41) is 6.72. The van der Waals surface area contributed by atoms with E-state index in [0.29, 0.717) is 11.5 Å². The smallest absolute Gasteiger partial charge is 0.273 e. The van der Waals surface area contributed by atoms with Crippen LogP contribution in [0.4, 0.5) is 0 Å². The number of nitrogens with zero attached hydrogens (tertiary/aromatic N) is 1. The number of amides is 1. The number of aromatic nitrogens is 1. The molecule has 0 aliphatic carbocycles. The summed E-state index contributed by atoms with van der Waals surface area (Å²) >= 11 is 0. The average Bonchev–Trinajstić information content (AvgIpc) is 2.89. The van der Waals surface area contributed by atoms with Gasteiger partial charge in [-0.3, -0.25) is 4.79 Å². The van der Waals surface area contributed by atoms with E-state index in [4.69, 9.17) is 4.52 Å². The van der Waals surface area contributed by atoms with Crippen LogP contribution in [0.15, 0.2) is 40.9 Å². The Morgan fingerprint density at radius 2 is 2.11 bits per heavy atom. The lowest BCUT2D eigenvalue weighted by molar-refractivity contribution is 0.0929. The van der Waals surface area contributed by atoms with Crippen LogP contribution in [0, 0.1) is 0 Å². The van der Waals surface area contributed by atoms with Gasteiger partial charge in [-0.25, -0.2) is 0 Å². The fraction of sp³-hybridized carbons (Fsp3) is 0.333. The van der Waals surface area contributed by atoms with Crippen LogP contribution in [0.5, 0.6) is 0 Å². The molecule has 1 unspecified atom stereocenters. The lowest BCUT2D eigenvalue weighted by Gasteiger charge is -2.10. The quantitative estimate of drug-likeness (QED) is 0.895. The summed E-state index contributed by atoms with van der Waals surface area (Å²) in [7, 11) is 0. The van der Waals surface area contributed by atoms with Crippen molar-refractivity contribution in [3.63, 3.8) is 0 Å². The normalized spacial score (nSPS) is 12.1. The SMILES string of the molecule is CCCC(C)NC(=O)c1cc(-c2ccccc2)on1. The maximum Gasteiger partial charge on any atom is 0.273 e. The lowest BCUT2D eigenvalue weighted by Crippen LogP contribution is -2.32. The molecule has 19 heavy (non-hydrogen) atoms. The topological polar surface area (TPSA) is 55.1 Å². The largest absolute Gasteiger partial charge is 0.355 e. The van der Waals surface area contributed by atoms with Crippen LogP contribution in [0.25, 0.3) is 11.3 Å². The fourth-order valence-corrected chi connectivity index (χ4v) is 1.92. The Hall–Kier alpha value is -2.10. The van der Waals surface area contributed by atoms with Crippen molar-refractivity contribution >= 4 is 5.91 Å². The van der Waals surface area contributed by atoms with Gasteiger partial charge in [-0.2, -0.15) is 0 Å². The molecule has 0 aliphatic heterocycles. The van der Waals surface area contributed by atoms with Crippen molar-refractivity contribution in [2.24, 2.45) is 0 Å². The Morgan fingerprint density at radius 1 is 1.37 bits per heavy atom. The van der Waals surface area contributed by atoms with Crippen LogP contribution < -0.4 is 5.32 Å². The summed E-state index contributed by atoms with van der Waals surface area (Å²) in [5.41, 5.74) is 1.23. The molecule has 1 aromatic heterocycles. The summed E-state index contributed by atoms with van der Waals surface area (Å²) < 4.78 is 5.20. The van der Waals surface area contributed by atoms with Crippen LogP contribution in [-0.2, 0) is 0 Å². The highest BCUT2D eigenvalue weighted by Gasteiger charge is 2.15.